The van der Waals surface area contributed by atoms with E-state index in [1.54, 1.807) is 24.3 Å². The van der Waals surface area contributed by atoms with E-state index in [9.17, 15) is 4.79 Å². The van der Waals surface area contributed by atoms with E-state index >= 15 is 0 Å². The minimum atomic E-state index is -0.108. The molecule has 2 aromatic carbocycles. The van der Waals surface area contributed by atoms with Crippen LogP contribution in [0, 0.1) is 12.3 Å². The van der Waals surface area contributed by atoms with Crippen molar-refractivity contribution in [3.05, 3.63) is 82.1 Å². The van der Waals surface area contributed by atoms with Gasteiger partial charge in [0.05, 0.1) is 23.1 Å². The van der Waals surface area contributed by atoms with Crippen LogP contribution >= 0.6 is 11.6 Å². The first kappa shape index (κ1) is 18.8. The average Bonchev–Trinajstić information content (AvgIpc) is 2.97. The lowest BCUT2D eigenvalue weighted by molar-refractivity contribution is 0.0919. The fraction of sp³-hybridized carbons (Fsp3) is 0.304. The Morgan fingerprint density at radius 2 is 1.93 bits per heavy atom. The van der Waals surface area contributed by atoms with E-state index in [0.717, 1.165) is 29.8 Å². The zero-order valence-corrected chi connectivity index (χ0v) is 17.1. The van der Waals surface area contributed by atoms with E-state index in [0.29, 0.717) is 10.6 Å². The first-order chi connectivity index (χ1) is 13.3. The number of aromatic nitrogens is 2. The van der Waals surface area contributed by atoms with Gasteiger partial charge in [0.1, 0.15) is 0 Å². The Bertz CT molecular complexity index is 1020. The molecule has 0 aliphatic heterocycles. The topological polar surface area (TPSA) is 46.9 Å². The fourth-order valence-electron chi connectivity index (χ4n) is 4.17. The first-order valence-corrected chi connectivity index (χ1v) is 9.92. The van der Waals surface area contributed by atoms with Crippen LogP contribution in [0.25, 0.3) is 5.69 Å². The van der Waals surface area contributed by atoms with Crippen molar-refractivity contribution in [1.82, 2.24) is 15.1 Å². The molecule has 4 nitrogen and oxygen atoms in total. The van der Waals surface area contributed by atoms with Crippen LogP contribution < -0.4 is 5.32 Å². The molecule has 0 radical (unpaired) electrons. The number of hydrogen-bond donors (Lipinski definition) is 1. The van der Waals surface area contributed by atoms with E-state index in [4.69, 9.17) is 16.7 Å². The number of carbonyl (C=O) groups excluding carboxylic acids is 1. The Hall–Kier alpha value is -2.59. The Morgan fingerprint density at radius 3 is 2.64 bits per heavy atom. The van der Waals surface area contributed by atoms with Crippen LogP contribution in [-0.2, 0) is 6.42 Å². The van der Waals surface area contributed by atoms with Gasteiger partial charge in [-0.2, -0.15) is 5.10 Å². The van der Waals surface area contributed by atoms with Gasteiger partial charge in [0.25, 0.3) is 5.91 Å². The molecule has 0 saturated heterocycles. The lowest BCUT2D eigenvalue weighted by atomic mass is 9.73. The van der Waals surface area contributed by atoms with E-state index < -0.39 is 0 Å². The number of nitrogens with zero attached hydrogens (tertiary/aromatic N) is 2. The molecule has 4 rings (SSSR count). The van der Waals surface area contributed by atoms with E-state index in [-0.39, 0.29) is 17.4 Å². The lowest BCUT2D eigenvalue weighted by Crippen LogP contribution is -2.37. The predicted octanol–water partition coefficient (Wildman–Crippen LogP) is 5.28. The van der Waals surface area contributed by atoms with Crippen molar-refractivity contribution in [3.63, 3.8) is 0 Å². The summed E-state index contributed by atoms with van der Waals surface area (Å²) in [7, 11) is 0. The van der Waals surface area contributed by atoms with Crippen LogP contribution in [0.2, 0.25) is 5.02 Å². The molecule has 1 aliphatic rings. The second-order valence-electron chi connectivity index (χ2n) is 8.27. The summed E-state index contributed by atoms with van der Waals surface area (Å²) >= 11 is 6.06. The van der Waals surface area contributed by atoms with Crippen molar-refractivity contribution in [1.29, 1.82) is 0 Å². The number of hydrogen-bond acceptors (Lipinski definition) is 2. The summed E-state index contributed by atoms with van der Waals surface area (Å²) in [5.41, 5.74) is 4.95. The smallest absolute Gasteiger partial charge is 0.251 e. The second-order valence-corrected chi connectivity index (χ2v) is 8.71. The Balaban J connectivity index is 1.73. The van der Waals surface area contributed by atoms with Gasteiger partial charge in [0, 0.05) is 16.1 Å². The lowest BCUT2D eigenvalue weighted by Gasteiger charge is -2.36. The van der Waals surface area contributed by atoms with E-state index in [1.807, 2.05) is 29.8 Å². The Kier molecular flexibility index (Phi) is 4.76. The van der Waals surface area contributed by atoms with Gasteiger partial charge >= 0.3 is 0 Å². The summed E-state index contributed by atoms with van der Waals surface area (Å²) in [6.45, 7) is 6.51. The molecule has 1 amide bonds. The van der Waals surface area contributed by atoms with Gasteiger partial charge in [-0.25, -0.2) is 4.68 Å². The minimum absolute atomic E-state index is 0.0539. The molecule has 0 saturated carbocycles. The summed E-state index contributed by atoms with van der Waals surface area (Å²) in [4.78, 5) is 12.9. The van der Waals surface area contributed by atoms with Crippen molar-refractivity contribution < 1.29 is 4.79 Å². The highest BCUT2D eigenvalue weighted by Gasteiger charge is 2.37. The number of para-hydroxylation sites is 1. The molecule has 3 aromatic rings. The molecule has 1 N–H and O–H groups in total. The quantitative estimate of drug-likeness (QED) is 0.658. The largest absolute Gasteiger partial charge is 0.345 e. The SMILES string of the molecule is Cc1nn(-c2ccccc2)c2c1C(NC(=O)c1cccc(Cl)c1)CC(C)(C)C2. The highest BCUT2D eigenvalue weighted by Crippen LogP contribution is 2.42. The number of rotatable bonds is 3. The van der Waals surface area contributed by atoms with Gasteiger partial charge < -0.3 is 5.32 Å². The van der Waals surface area contributed by atoms with Gasteiger partial charge in [-0.1, -0.05) is 49.7 Å². The number of aryl methyl sites for hydroxylation is 1. The molecule has 0 fully saturated rings. The van der Waals surface area contributed by atoms with Crippen LogP contribution in [0.1, 0.15) is 53.6 Å². The Labute approximate surface area is 170 Å². The van der Waals surface area contributed by atoms with Crippen molar-refractivity contribution in [2.24, 2.45) is 5.41 Å². The number of nitrogens with one attached hydrogen (secondary N) is 1. The highest BCUT2D eigenvalue weighted by molar-refractivity contribution is 6.30. The molecule has 28 heavy (non-hydrogen) atoms. The minimum Gasteiger partial charge on any atom is -0.345 e. The van der Waals surface area contributed by atoms with Crippen molar-refractivity contribution in [3.8, 4) is 5.69 Å². The summed E-state index contributed by atoms with van der Waals surface area (Å²) in [6.07, 6.45) is 1.79. The highest BCUT2D eigenvalue weighted by atomic mass is 35.5. The molecule has 1 aromatic heterocycles. The van der Waals surface area contributed by atoms with Gasteiger partial charge in [-0.3, -0.25) is 4.79 Å². The number of carbonyl (C=O) groups is 1. The third-order valence-electron chi connectivity index (χ3n) is 5.35. The van der Waals surface area contributed by atoms with Crippen LogP contribution in [0.15, 0.2) is 54.6 Å². The standard InChI is InChI=1S/C23H24ClN3O/c1-15-21-19(25-22(28)16-8-7-9-17(24)12-16)13-23(2,3)14-20(21)27(26-15)18-10-5-4-6-11-18/h4-12,19H,13-14H2,1-3H3,(H,25,28). The Morgan fingerprint density at radius 1 is 1.18 bits per heavy atom. The molecule has 144 valence electrons. The van der Waals surface area contributed by atoms with Gasteiger partial charge in [0.2, 0.25) is 0 Å². The maximum atomic E-state index is 12.9. The molecule has 1 unspecified atom stereocenters. The zero-order chi connectivity index (χ0) is 19.9. The zero-order valence-electron chi connectivity index (χ0n) is 16.4. The molecule has 1 atom stereocenters. The third kappa shape index (κ3) is 3.57. The predicted molar refractivity (Wildman–Crippen MR) is 112 cm³/mol. The van der Waals surface area contributed by atoms with Crippen molar-refractivity contribution in [2.45, 2.75) is 39.7 Å². The molecule has 0 bridgehead atoms. The molecule has 1 aliphatic carbocycles. The van der Waals surface area contributed by atoms with E-state index in [1.165, 1.54) is 5.69 Å². The number of fused-ring (bicyclic) bond motifs is 1. The van der Waals surface area contributed by atoms with E-state index in [2.05, 4.69) is 31.3 Å². The van der Waals surface area contributed by atoms with Crippen LogP contribution in [0.4, 0.5) is 0 Å². The monoisotopic (exact) mass is 393 g/mol. The summed E-state index contributed by atoms with van der Waals surface area (Å²) in [6, 6.07) is 17.1. The van der Waals surface area contributed by atoms with Crippen LogP contribution in [-0.4, -0.2) is 15.7 Å². The molecular formula is C23H24ClN3O. The molecule has 0 spiro atoms. The molecular weight excluding hydrogens is 370 g/mol. The van der Waals surface area contributed by atoms with Crippen LogP contribution in [0.5, 0.6) is 0 Å². The molecule has 5 heteroatoms. The summed E-state index contributed by atoms with van der Waals surface area (Å²) in [5, 5.41) is 8.61. The molecule has 1 heterocycles. The summed E-state index contributed by atoms with van der Waals surface area (Å²) in [5.74, 6) is -0.108. The normalized spacial score (nSPS) is 17.8. The van der Waals surface area contributed by atoms with Gasteiger partial charge in [-0.05, 0) is 55.5 Å². The van der Waals surface area contributed by atoms with Crippen LogP contribution in [0.3, 0.4) is 0 Å². The van der Waals surface area contributed by atoms with Crippen molar-refractivity contribution >= 4 is 17.5 Å². The van der Waals surface area contributed by atoms with Gasteiger partial charge in [-0.15, -0.1) is 0 Å². The third-order valence-corrected chi connectivity index (χ3v) is 5.59. The maximum absolute atomic E-state index is 12.9. The summed E-state index contributed by atoms with van der Waals surface area (Å²) < 4.78 is 2.03. The first-order valence-electron chi connectivity index (χ1n) is 9.54. The number of halogens is 1. The van der Waals surface area contributed by atoms with Crippen molar-refractivity contribution in [2.75, 3.05) is 0 Å². The maximum Gasteiger partial charge on any atom is 0.251 e. The second kappa shape index (κ2) is 7.10. The number of benzene rings is 2. The average molecular weight is 394 g/mol. The number of amides is 1. The fourth-order valence-corrected chi connectivity index (χ4v) is 4.36. The van der Waals surface area contributed by atoms with Gasteiger partial charge in [0.15, 0.2) is 0 Å².